The number of hydrogen-bond donors (Lipinski definition) is 0. The molecule has 0 aliphatic carbocycles. The Bertz CT molecular complexity index is 1070. The van der Waals surface area contributed by atoms with Gasteiger partial charge in [0.05, 0.1) is 31.8 Å². The molecular weight excluding hydrogens is 544 g/mol. The molecule has 0 N–H and O–H groups in total. The smallest absolute Gasteiger partial charge is 0.199 e. The fourth-order valence-corrected chi connectivity index (χ4v) is 4.26. The van der Waals surface area contributed by atoms with E-state index in [-0.39, 0.29) is 5.78 Å². The Morgan fingerprint density at radius 1 is 0.806 bits per heavy atom. The van der Waals surface area contributed by atoms with Gasteiger partial charge in [-0.15, -0.1) is 0 Å². The number of methoxy groups -OCH3 is 3. The van der Waals surface area contributed by atoms with Crippen molar-refractivity contribution in [1.82, 2.24) is 0 Å². The Morgan fingerprint density at radius 3 is 1.81 bits per heavy atom. The molecule has 0 fully saturated rings. The molecule has 4 nitrogen and oxygen atoms in total. The average molecular weight is 564 g/mol. The molecule has 0 radical (unpaired) electrons. The van der Waals surface area contributed by atoms with Crippen molar-refractivity contribution in [3.63, 3.8) is 0 Å². The summed E-state index contributed by atoms with van der Waals surface area (Å²) >= 11 is 8.25. The molecule has 0 aliphatic heterocycles. The first-order valence-corrected chi connectivity index (χ1v) is 11.6. The number of rotatable bonds is 8. The maximum absolute atomic E-state index is 13.4. The molecule has 7 heteroatoms. The predicted octanol–water partition coefficient (Wildman–Crippen LogP) is 7.25. The fourth-order valence-electron chi connectivity index (χ4n) is 2.82. The molecule has 3 aromatic carbocycles. The first-order chi connectivity index (χ1) is 14.9. The van der Waals surface area contributed by atoms with Crippen LogP contribution in [0.4, 0.5) is 0 Å². The standard InChI is InChI=1S/C24H20Br2O4S/c1-28-18-12-21(29-2)20(22(13-18)30-3)14-23(31-19-10-8-17(26)9-11-19)24(27)15-4-6-16(25)7-5-15/h4-14H,1-3H3/b23-14-. The molecule has 0 aliphatic rings. The van der Waals surface area contributed by atoms with Crippen LogP contribution in [-0.2, 0) is 0 Å². The van der Waals surface area contributed by atoms with Gasteiger partial charge < -0.3 is 14.2 Å². The van der Waals surface area contributed by atoms with E-state index in [2.05, 4.69) is 31.9 Å². The monoisotopic (exact) mass is 562 g/mol. The highest BCUT2D eigenvalue weighted by Gasteiger charge is 2.18. The molecule has 160 valence electrons. The fraction of sp³-hybridized carbons (Fsp3) is 0.125. The van der Waals surface area contributed by atoms with E-state index in [1.54, 1.807) is 51.7 Å². The molecule has 0 saturated heterocycles. The van der Waals surface area contributed by atoms with E-state index in [1.807, 2.05) is 36.4 Å². The number of halogens is 2. The van der Waals surface area contributed by atoms with E-state index in [0.717, 1.165) is 13.8 Å². The van der Waals surface area contributed by atoms with E-state index in [0.29, 0.717) is 33.3 Å². The SMILES string of the molecule is COc1cc(OC)c(/C=C(\Sc2ccc(Br)cc2)C(=O)c2ccc(Br)cc2)c(OC)c1. The second kappa shape index (κ2) is 10.9. The molecule has 0 aromatic heterocycles. The molecule has 31 heavy (non-hydrogen) atoms. The summed E-state index contributed by atoms with van der Waals surface area (Å²) in [6, 6.07) is 18.6. The minimum atomic E-state index is -0.0969. The van der Waals surface area contributed by atoms with Gasteiger partial charge in [-0.05, 0) is 54.6 Å². The average Bonchev–Trinajstić information content (AvgIpc) is 2.79. The Kier molecular flexibility index (Phi) is 8.23. The third-order valence-electron chi connectivity index (χ3n) is 4.40. The molecule has 0 atom stereocenters. The normalized spacial score (nSPS) is 11.2. The van der Waals surface area contributed by atoms with Crippen molar-refractivity contribution in [1.29, 1.82) is 0 Å². The summed E-state index contributed by atoms with van der Waals surface area (Å²) in [7, 11) is 4.73. The number of ketones is 1. The van der Waals surface area contributed by atoms with Crippen LogP contribution in [0.25, 0.3) is 6.08 Å². The quantitative estimate of drug-likeness (QED) is 0.164. The van der Waals surface area contributed by atoms with Crippen molar-refractivity contribution in [2.24, 2.45) is 0 Å². The van der Waals surface area contributed by atoms with Gasteiger partial charge in [-0.25, -0.2) is 0 Å². The van der Waals surface area contributed by atoms with Crippen LogP contribution in [0.15, 0.2) is 79.4 Å². The molecule has 0 bridgehead atoms. The van der Waals surface area contributed by atoms with E-state index >= 15 is 0 Å². The highest BCUT2D eigenvalue weighted by atomic mass is 79.9. The lowest BCUT2D eigenvalue weighted by Crippen LogP contribution is -2.02. The maximum Gasteiger partial charge on any atom is 0.199 e. The van der Waals surface area contributed by atoms with Gasteiger partial charge in [0.25, 0.3) is 0 Å². The van der Waals surface area contributed by atoms with E-state index in [1.165, 1.54) is 11.8 Å². The highest BCUT2D eigenvalue weighted by molar-refractivity contribution is 9.10. The third kappa shape index (κ3) is 5.93. The number of thioether (sulfide) groups is 1. The van der Waals surface area contributed by atoms with Crippen LogP contribution < -0.4 is 14.2 Å². The maximum atomic E-state index is 13.4. The lowest BCUT2D eigenvalue weighted by molar-refractivity contribution is 0.104. The minimum Gasteiger partial charge on any atom is -0.496 e. The second-order valence-corrected chi connectivity index (χ2v) is 9.29. The van der Waals surface area contributed by atoms with Crippen molar-refractivity contribution in [2.45, 2.75) is 4.90 Å². The van der Waals surface area contributed by atoms with Crippen LogP contribution in [0.5, 0.6) is 17.2 Å². The lowest BCUT2D eigenvalue weighted by Gasteiger charge is -2.14. The number of hydrogen-bond acceptors (Lipinski definition) is 5. The van der Waals surface area contributed by atoms with Gasteiger partial charge in [0.2, 0.25) is 0 Å². The Balaban J connectivity index is 2.13. The number of allylic oxidation sites excluding steroid dienone is 1. The zero-order valence-corrected chi connectivity index (χ0v) is 21.1. The Morgan fingerprint density at radius 2 is 1.32 bits per heavy atom. The zero-order chi connectivity index (χ0) is 22.4. The van der Waals surface area contributed by atoms with Crippen molar-refractivity contribution < 1.29 is 19.0 Å². The van der Waals surface area contributed by atoms with Crippen molar-refractivity contribution in [3.05, 3.63) is 85.6 Å². The number of benzene rings is 3. The summed E-state index contributed by atoms with van der Waals surface area (Å²) in [6.07, 6.45) is 1.80. The molecule has 3 aromatic rings. The summed E-state index contributed by atoms with van der Waals surface area (Å²) in [4.78, 5) is 14.9. The number of ether oxygens (including phenoxy) is 3. The van der Waals surface area contributed by atoms with Gasteiger partial charge in [0, 0.05) is 31.5 Å². The van der Waals surface area contributed by atoms with E-state index in [4.69, 9.17) is 14.2 Å². The van der Waals surface area contributed by atoms with Crippen LogP contribution in [0.2, 0.25) is 0 Å². The van der Waals surface area contributed by atoms with Gasteiger partial charge in [0.1, 0.15) is 17.2 Å². The Hall–Kier alpha value is -2.22. The van der Waals surface area contributed by atoms with Gasteiger partial charge >= 0.3 is 0 Å². The van der Waals surface area contributed by atoms with Gasteiger partial charge in [-0.1, -0.05) is 43.6 Å². The van der Waals surface area contributed by atoms with Crippen LogP contribution in [0, 0.1) is 0 Å². The van der Waals surface area contributed by atoms with Crippen molar-refractivity contribution in [3.8, 4) is 17.2 Å². The molecule has 0 spiro atoms. The molecule has 0 heterocycles. The highest BCUT2D eigenvalue weighted by Crippen LogP contribution is 2.39. The number of carbonyl (C=O) groups excluding carboxylic acids is 1. The Labute approximate surface area is 202 Å². The van der Waals surface area contributed by atoms with E-state index in [9.17, 15) is 4.79 Å². The zero-order valence-electron chi connectivity index (χ0n) is 17.1. The summed E-state index contributed by atoms with van der Waals surface area (Å²) < 4.78 is 18.3. The van der Waals surface area contributed by atoms with Gasteiger partial charge in [-0.3, -0.25) is 4.79 Å². The lowest BCUT2D eigenvalue weighted by atomic mass is 10.1. The molecule has 0 saturated carbocycles. The second-order valence-electron chi connectivity index (χ2n) is 6.35. The van der Waals surface area contributed by atoms with Gasteiger partial charge in [-0.2, -0.15) is 0 Å². The largest absolute Gasteiger partial charge is 0.496 e. The first kappa shape index (κ1) is 23.4. The summed E-state index contributed by atoms with van der Waals surface area (Å²) in [5, 5.41) is 0. The van der Waals surface area contributed by atoms with Crippen LogP contribution >= 0.6 is 43.6 Å². The summed E-state index contributed by atoms with van der Waals surface area (Å²) in [5.74, 6) is 1.61. The van der Waals surface area contributed by atoms with Gasteiger partial charge in [0.15, 0.2) is 5.78 Å². The first-order valence-electron chi connectivity index (χ1n) is 9.20. The third-order valence-corrected chi connectivity index (χ3v) is 6.49. The van der Waals surface area contributed by atoms with Crippen molar-refractivity contribution >= 4 is 55.5 Å². The summed E-state index contributed by atoms with van der Waals surface area (Å²) in [5.41, 5.74) is 1.25. The summed E-state index contributed by atoms with van der Waals surface area (Å²) in [6.45, 7) is 0. The predicted molar refractivity (Wildman–Crippen MR) is 133 cm³/mol. The molecular formula is C24H20Br2O4S. The topological polar surface area (TPSA) is 44.8 Å². The number of Topliss-reactive ketones (excluding diaryl/α,β-unsaturated/α-hetero) is 1. The van der Waals surface area contributed by atoms with Crippen LogP contribution in [-0.4, -0.2) is 27.1 Å². The van der Waals surface area contributed by atoms with E-state index < -0.39 is 0 Å². The minimum absolute atomic E-state index is 0.0969. The molecule has 0 unspecified atom stereocenters. The van der Waals surface area contributed by atoms with Crippen LogP contribution in [0.3, 0.4) is 0 Å². The van der Waals surface area contributed by atoms with Crippen LogP contribution in [0.1, 0.15) is 15.9 Å². The molecule has 0 amide bonds. The molecule has 3 rings (SSSR count). The van der Waals surface area contributed by atoms with Crippen molar-refractivity contribution in [2.75, 3.05) is 21.3 Å². The number of carbonyl (C=O) groups is 1.